The van der Waals surface area contributed by atoms with Gasteiger partial charge >= 0.3 is 7.82 Å². The molecule has 0 aromatic carbocycles. The summed E-state index contributed by atoms with van der Waals surface area (Å²) in [4.78, 5) is 20.0. The fourth-order valence-electron chi connectivity index (χ4n) is 3.42. The lowest BCUT2D eigenvalue weighted by molar-refractivity contribution is 0.145. The zero-order valence-corrected chi connectivity index (χ0v) is 17.9. The molecule has 1 aromatic heterocycles. The Hall–Kier alpha value is -0.670. The third-order valence-corrected chi connectivity index (χ3v) is 6.90. The fraction of sp³-hybridized carbons (Fsp3) is 0.700. The van der Waals surface area contributed by atoms with E-state index in [0.29, 0.717) is 12.8 Å². The van der Waals surface area contributed by atoms with Crippen molar-refractivity contribution in [1.82, 2.24) is 0 Å². The van der Waals surface area contributed by atoms with Crippen LogP contribution in [-0.2, 0) is 15.5 Å². The van der Waals surface area contributed by atoms with Crippen molar-refractivity contribution in [3.8, 4) is 11.8 Å². The molecule has 27 heavy (non-hydrogen) atoms. The van der Waals surface area contributed by atoms with Gasteiger partial charge in [0.15, 0.2) is 0 Å². The van der Waals surface area contributed by atoms with Gasteiger partial charge in [-0.2, -0.15) is 0 Å². The van der Waals surface area contributed by atoms with Crippen LogP contribution in [0.2, 0.25) is 0 Å². The lowest BCUT2D eigenvalue weighted by atomic mass is 9.86. The first-order chi connectivity index (χ1) is 12.8. The Balaban J connectivity index is 1.77. The molecule has 1 aliphatic rings. The first-order valence-electron chi connectivity index (χ1n) is 9.86. The molecular weight excluding hydrogens is 381 g/mol. The van der Waals surface area contributed by atoms with Crippen molar-refractivity contribution in [2.45, 2.75) is 76.7 Å². The van der Waals surface area contributed by atoms with Gasteiger partial charge in [-0.3, -0.25) is 4.52 Å². The normalized spacial score (nSPS) is 17.9. The molecule has 1 aromatic rings. The van der Waals surface area contributed by atoms with Crippen LogP contribution < -0.4 is 5.73 Å². The Labute approximate surface area is 166 Å². The molecule has 2 rings (SSSR count). The van der Waals surface area contributed by atoms with Crippen LogP contribution >= 0.6 is 19.2 Å². The van der Waals surface area contributed by atoms with Crippen LogP contribution in [0.3, 0.4) is 0 Å². The largest absolute Gasteiger partial charge is 0.469 e. The lowest BCUT2D eigenvalue weighted by Gasteiger charge is -2.27. The van der Waals surface area contributed by atoms with E-state index in [1.54, 1.807) is 11.3 Å². The number of thiophene rings is 1. The van der Waals surface area contributed by atoms with E-state index in [1.807, 2.05) is 13.0 Å². The molecule has 4 N–H and O–H groups in total. The highest BCUT2D eigenvalue weighted by atomic mass is 32.1. The molecule has 1 atom stereocenters. The van der Waals surface area contributed by atoms with E-state index < -0.39 is 13.4 Å². The van der Waals surface area contributed by atoms with Gasteiger partial charge in [-0.25, -0.2) is 4.57 Å². The van der Waals surface area contributed by atoms with Gasteiger partial charge < -0.3 is 15.5 Å². The summed E-state index contributed by atoms with van der Waals surface area (Å²) in [5.41, 5.74) is 5.50. The van der Waals surface area contributed by atoms with Gasteiger partial charge in [0.2, 0.25) is 0 Å². The maximum Gasteiger partial charge on any atom is 0.469 e. The Bertz CT molecular complexity index is 684. The van der Waals surface area contributed by atoms with Crippen molar-refractivity contribution in [3.05, 3.63) is 21.9 Å². The molecule has 0 amide bonds. The summed E-state index contributed by atoms with van der Waals surface area (Å²) in [6, 6.07) is 4.11. The van der Waals surface area contributed by atoms with Crippen molar-refractivity contribution < 1.29 is 18.9 Å². The molecule has 1 aliphatic carbocycles. The molecule has 1 heterocycles. The highest BCUT2D eigenvalue weighted by molar-refractivity contribution is 7.46. The molecule has 5 nitrogen and oxygen atoms in total. The third kappa shape index (κ3) is 8.91. The molecule has 1 unspecified atom stereocenters. The Morgan fingerprint density at radius 2 is 2.07 bits per heavy atom. The van der Waals surface area contributed by atoms with Crippen LogP contribution in [0.15, 0.2) is 12.1 Å². The summed E-state index contributed by atoms with van der Waals surface area (Å²) in [6.07, 6.45) is 11.0. The van der Waals surface area contributed by atoms with Gasteiger partial charge in [0.25, 0.3) is 0 Å². The van der Waals surface area contributed by atoms with Crippen molar-refractivity contribution in [2.75, 3.05) is 6.61 Å². The predicted molar refractivity (Wildman–Crippen MR) is 111 cm³/mol. The molecule has 152 valence electrons. The van der Waals surface area contributed by atoms with Gasteiger partial charge in [-0.1, -0.05) is 50.9 Å². The number of nitrogens with two attached hydrogens (primary N) is 1. The van der Waals surface area contributed by atoms with Crippen molar-refractivity contribution in [1.29, 1.82) is 0 Å². The lowest BCUT2D eigenvalue weighted by Crippen LogP contribution is -2.44. The SMILES string of the molecule is CCC(N)(CCc1ccc(C#CCCC2CCCCC2)s1)COP(=O)(O)O. The second kappa shape index (κ2) is 10.8. The number of hydrogen-bond donors (Lipinski definition) is 3. The molecule has 0 radical (unpaired) electrons. The second-order valence-corrected chi connectivity index (χ2v) is 10.00. The topological polar surface area (TPSA) is 92.8 Å². The quantitative estimate of drug-likeness (QED) is 0.406. The van der Waals surface area contributed by atoms with Gasteiger partial charge in [-0.05, 0) is 43.7 Å². The zero-order valence-electron chi connectivity index (χ0n) is 16.2. The zero-order chi connectivity index (χ0) is 19.8. The molecule has 7 heteroatoms. The van der Waals surface area contributed by atoms with Gasteiger partial charge in [0.05, 0.1) is 11.5 Å². The minimum absolute atomic E-state index is 0.146. The molecular formula is C20H32NO4PS. The number of hydrogen-bond acceptors (Lipinski definition) is 4. The van der Waals surface area contributed by atoms with E-state index in [2.05, 4.69) is 22.4 Å². The summed E-state index contributed by atoms with van der Waals surface area (Å²) < 4.78 is 15.5. The minimum atomic E-state index is -4.49. The molecule has 1 saturated carbocycles. The summed E-state index contributed by atoms with van der Waals surface area (Å²) in [7, 11) is -4.49. The maximum atomic E-state index is 10.9. The van der Waals surface area contributed by atoms with E-state index in [1.165, 1.54) is 43.4 Å². The number of phosphoric acid groups is 1. The monoisotopic (exact) mass is 413 g/mol. The van der Waals surface area contributed by atoms with Crippen LogP contribution in [0.4, 0.5) is 0 Å². The van der Waals surface area contributed by atoms with Crippen molar-refractivity contribution in [3.63, 3.8) is 0 Å². The van der Waals surface area contributed by atoms with Crippen LogP contribution in [0.5, 0.6) is 0 Å². The molecule has 0 spiro atoms. The Morgan fingerprint density at radius 3 is 2.74 bits per heavy atom. The highest BCUT2D eigenvalue weighted by Gasteiger charge is 2.27. The average molecular weight is 414 g/mol. The van der Waals surface area contributed by atoms with Gasteiger partial charge in [0, 0.05) is 16.8 Å². The summed E-state index contributed by atoms with van der Waals surface area (Å²) in [5.74, 6) is 7.45. The fourth-order valence-corrected chi connectivity index (χ4v) is 4.72. The minimum Gasteiger partial charge on any atom is -0.323 e. The maximum absolute atomic E-state index is 10.9. The van der Waals surface area contributed by atoms with Crippen molar-refractivity contribution >= 4 is 19.2 Å². The van der Waals surface area contributed by atoms with Gasteiger partial charge in [0.1, 0.15) is 0 Å². The van der Waals surface area contributed by atoms with E-state index in [-0.39, 0.29) is 6.61 Å². The first kappa shape index (κ1) is 22.6. The van der Waals surface area contributed by atoms with Crippen molar-refractivity contribution in [2.24, 2.45) is 11.7 Å². The smallest absolute Gasteiger partial charge is 0.323 e. The summed E-state index contributed by atoms with van der Waals surface area (Å²) in [6.45, 7) is 1.76. The van der Waals surface area contributed by atoms with E-state index in [0.717, 1.165) is 23.6 Å². The molecule has 1 fully saturated rings. The molecule has 0 saturated heterocycles. The average Bonchev–Trinajstić information content (AvgIpc) is 3.10. The number of aryl methyl sites for hydroxylation is 1. The first-order valence-corrected chi connectivity index (χ1v) is 12.2. The Morgan fingerprint density at radius 1 is 1.33 bits per heavy atom. The molecule has 0 bridgehead atoms. The van der Waals surface area contributed by atoms with Crippen LogP contribution in [0.25, 0.3) is 0 Å². The van der Waals surface area contributed by atoms with Crippen LogP contribution in [-0.4, -0.2) is 21.9 Å². The van der Waals surface area contributed by atoms with Crippen LogP contribution in [0.1, 0.15) is 74.5 Å². The van der Waals surface area contributed by atoms with E-state index >= 15 is 0 Å². The summed E-state index contributed by atoms with van der Waals surface area (Å²) >= 11 is 1.67. The predicted octanol–water partition coefficient (Wildman–Crippen LogP) is 4.61. The second-order valence-electron chi connectivity index (χ2n) is 7.59. The van der Waals surface area contributed by atoms with Crippen LogP contribution in [0, 0.1) is 17.8 Å². The summed E-state index contributed by atoms with van der Waals surface area (Å²) in [5, 5.41) is 0. The third-order valence-electron chi connectivity index (χ3n) is 5.37. The number of rotatable bonds is 9. The van der Waals surface area contributed by atoms with E-state index in [9.17, 15) is 4.57 Å². The number of phosphoric ester groups is 1. The molecule has 0 aliphatic heterocycles. The Kier molecular flexibility index (Phi) is 9.01. The standard InChI is InChI=1S/C20H32NO4PS/c1-2-20(21,16-25-26(22,23)24)15-14-19-13-12-18(27-19)11-7-6-10-17-8-4-3-5-9-17/h12-13,17H,2-6,8-10,14-16,21H2,1H3,(H2,22,23,24). The van der Waals surface area contributed by atoms with E-state index in [4.69, 9.17) is 15.5 Å². The highest BCUT2D eigenvalue weighted by Crippen LogP contribution is 2.37. The van der Waals surface area contributed by atoms with Gasteiger partial charge in [-0.15, -0.1) is 11.3 Å².